The van der Waals surface area contributed by atoms with Crippen LogP contribution in [0.4, 0.5) is 0 Å². The predicted molar refractivity (Wildman–Crippen MR) is 62.0 cm³/mol. The van der Waals surface area contributed by atoms with Crippen molar-refractivity contribution in [3.05, 3.63) is 0 Å². The Balaban J connectivity index is 4.35. The zero-order chi connectivity index (χ0) is 12.8. The maximum Gasteiger partial charge on any atom is 0.248 e. The lowest BCUT2D eigenvalue weighted by Gasteiger charge is -2.28. The van der Waals surface area contributed by atoms with Crippen LogP contribution in [0, 0.1) is 0 Å². The highest BCUT2D eigenvalue weighted by Gasteiger charge is 2.32. The van der Waals surface area contributed by atoms with Crippen LogP contribution in [0.1, 0.15) is 34.1 Å². The quantitative estimate of drug-likeness (QED) is 0.655. The molecule has 0 aromatic carbocycles. The van der Waals surface area contributed by atoms with E-state index < -0.39 is 11.7 Å². The van der Waals surface area contributed by atoms with E-state index in [9.17, 15) is 9.59 Å². The second-order valence-electron chi connectivity index (χ2n) is 3.98. The number of rotatable bonds is 7. The number of carbonyl (C=O) groups is 2. The monoisotopic (exact) mass is 230 g/mol. The minimum Gasteiger partial charge on any atom is -0.355 e. The van der Waals surface area contributed by atoms with Gasteiger partial charge < -0.3 is 15.8 Å². The van der Waals surface area contributed by atoms with Gasteiger partial charge in [0.2, 0.25) is 5.91 Å². The maximum absolute atomic E-state index is 11.5. The fourth-order valence-electron chi connectivity index (χ4n) is 1.20. The highest BCUT2D eigenvalue weighted by Crippen LogP contribution is 2.18. The highest BCUT2D eigenvalue weighted by atomic mass is 16.5. The topological polar surface area (TPSA) is 81.4 Å². The first-order chi connectivity index (χ1) is 7.37. The third-order valence-electron chi connectivity index (χ3n) is 2.67. The van der Waals surface area contributed by atoms with Crippen LogP contribution in [-0.2, 0) is 14.3 Å². The van der Waals surface area contributed by atoms with Crippen molar-refractivity contribution in [3.63, 3.8) is 0 Å². The predicted octanol–water partition coefficient (Wildman–Crippen LogP) is 0.224. The normalized spacial score (nSPS) is 16.3. The van der Waals surface area contributed by atoms with E-state index in [-0.39, 0.29) is 11.7 Å². The van der Waals surface area contributed by atoms with Gasteiger partial charge in [0, 0.05) is 13.1 Å². The van der Waals surface area contributed by atoms with E-state index in [1.807, 2.05) is 6.92 Å². The highest BCUT2D eigenvalue weighted by molar-refractivity contribution is 5.85. The summed E-state index contributed by atoms with van der Waals surface area (Å²) in [5.41, 5.74) is 4.38. The van der Waals surface area contributed by atoms with Crippen molar-refractivity contribution < 1.29 is 14.3 Å². The van der Waals surface area contributed by atoms with Crippen LogP contribution < -0.4 is 11.1 Å². The Morgan fingerprint density at radius 2 is 2.06 bits per heavy atom. The van der Waals surface area contributed by atoms with E-state index in [0.717, 1.165) is 0 Å². The molecule has 0 aromatic heterocycles. The van der Waals surface area contributed by atoms with Crippen molar-refractivity contribution in [2.24, 2.45) is 5.73 Å². The van der Waals surface area contributed by atoms with E-state index >= 15 is 0 Å². The number of carbonyl (C=O) groups excluding carboxylic acids is 2. The van der Waals surface area contributed by atoms with Gasteiger partial charge in [-0.25, -0.2) is 0 Å². The number of hydrogen-bond acceptors (Lipinski definition) is 4. The Hall–Kier alpha value is -0.940. The standard InChI is InChI=1S/C11H22N2O3/c1-5-11(4,9(3)14)16-8(2)10(15)13-7-6-12/h8H,5-7,12H2,1-4H3,(H,13,15)/t8-,11?/m0/s1. The molecule has 1 amide bonds. The molecule has 0 saturated carbocycles. The van der Waals surface area contributed by atoms with Gasteiger partial charge in [0.1, 0.15) is 11.7 Å². The summed E-state index contributed by atoms with van der Waals surface area (Å²) in [6.45, 7) is 7.44. The van der Waals surface area contributed by atoms with Gasteiger partial charge in [-0.2, -0.15) is 0 Å². The molecule has 0 aliphatic rings. The average Bonchev–Trinajstić information content (AvgIpc) is 2.25. The van der Waals surface area contributed by atoms with Gasteiger partial charge >= 0.3 is 0 Å². The van der Waals surface area contributed by atoms with Gasteiger partial charge in [-0.1, -0.05) is 6.92 Å². The summed E-state index contributed by atoms with van der Waals surface area (Å²) in [4.78, 5) is 22.9. The molecule has 0 saturated heterocycles. The van der Waals surface area contributed by atoms with Gasteiger partial charge in [-0.05, 0) is 27.2 Å². The molecular weight excluding hydrogens is 208 g/mol. The molecule has 0 heterocycles. The van der Waals surface area contributed by atoms with Crippen molar-refractivity contribution in [1.29, 1.82) is 0 Å². The van der Waals surface area contributed by atoms with Crippen LogP contribution in [0.5, 0.6) is 0 Å². The van der Waals surface area contributed by atoms with Crippen LogP contribution >= 0.6 is 0 Å². The fourth-order valence-corrected chi connectivity index (χ4v) is 1.20. The lowest BCUT2D eigenvalue weighted by Crippen LogP contribution is -2.45. The fraction of sp³-hybridized carbons (Fsp3) is 0.818. The van der Waals surface area contributed by atoms with Crippen LogP contribution in [0.2, 0.25) is 0 Å². The molecule has 0 fully saturated rings. The Bertz CT molecular complexity index is 256. The summed E-state index contributed by atoms with van der Waals surface area (Å²) in [6, 6.07) is 0. The van der Waals surface area contributed by atoms with Crippen LogP contribution in [0.15, 0.2) is 0 Å². The zero-order valence-corrected chi connectivity index (χ0v) is 10.5. The van der Waals surface area contributed by atoms with Crippen molar-refractivity contribution in [3.8, 4) is 0 Å². The third-order valence-corrected chi connectivity index (χ3v) is 2.67. The van der Waals surface area contributed by atoms with E-state index in [4.69, 9.17) is 10.5 Å². The number of nitrogens with two attached hydrogens (primary N) is 1. The summed E-state index contributed by atoms with van der Waals surface area (Å²) >= 11 is 0. The maximum atomic E-state index is 11.5. The van der Waals surface area contributed by atoms with E-state index in [0.29, 0.717) is 19.5 Å². The minimum atomic E-state index is -0.889. The summed E-state index contributed by atoms with van der Waals surface area (Å²) in [7, 11) is 0. The largest absolute Gasteiger partial charge is 0.355 e. The molecule has 0 aliphatic carbocycles. The molecule has 0 rings (SSSR count). The number of hydrogen-bond donors (Lipinski definition) is 2. The molecule has 5 heteroatoms. The molecule has 2 atom stereocenters. The molecule has 5 nitrogen and oxygen atoms in total. The van der Waals surface area contributed by atoms with Gasteiger partial charge in [0.05, 0.1) is 0 Å². The molecular formula is C11H22N2O3. The molecule has 94 valence electrons. The lowest BCUT2D eigenvalue weighted by molar-refractivity contribution is -0.156. The number of ether oxygens (including phenoxy) is 1. The number of Topliss-reactive ketones (excluding diaryl/α,β-unsaturated/α-hetero) is 1. The zero-order valence-electron chi connectivity index (χ0n) is 10.5. The first kappa shape index (κ1) is 15.1. The summed E-state index contributed by atoms with van der Waals surface area (Å²) in [6.07, 6.45) is -0.114. The molecule has 16 heavy (non-hydrogen) atoms. The Morgan fingerprint density at radius 1 is 1.50 bits per heavy atom. The van der Waals surface area contributed by atoms with E-state index in [2.05, 4.69) is 5.32 Å². The number of ketones is 1. The van der Waals surface area contributed by atoms with Crippen molar-refractivity contribution in [2.45, 2.75) is 45.8 Å². The second-order valence-corrected chi connectivity index (χ2v) is 3.98. The minimum absolute atomic E-state index is 0.0755. The smallest absolute Gasteiger partial charge is 0.248 e. The average molecular weight is 230 g/mol. The summed E-state index contributed by atoms with van der Waals surface area (Å²) < 4.78 is 5.50. The first-order valence-electron chi connectivity index (χ1n) is 5.54. The van der Waals surface area contributed by atoms with Gasteiger partial charge in [-0.3, -0.25) is 9.59 Å². The Labute approximate surface area is 96.7 Å². The Kier molecular flexibility index (Phi) is 6.21. The van der Waals surface area contributed by atoms with Crippen molar-refractivity contribution in [1.82, 2.24) is 5.32 Å². The molecule has 0 spiro atoms. The van der Waals surface area contributed by atoms with Crippen molar-refractivity contribution >= 4 is 11.7 Å². The van der Waals surface area contributed by atoms with Gasteiger partial charge in [0.15, 0.2) is 5.78 Å². The summed E-state index contributed by atoms with van der Waals surface area (Å²) in [5, 5.41) is 2.62. The molecule has 0 bridgehead atoms. The number of amides is 1. The Morgan fingerprint density at radius 3 is 2.44 bits per heavy atom. The molecule has 1 unspecified atom stereocenters. The molecule has 3 N–H and O–H groups in total. The molecule has 0 aromatic rings. The first-order valence-corrected chi connectivity index (χ1v) is 5.54. The van der Waals surface area contributed by atoms with Crippen LogP contribution in [0.25, 0.3) is 0 Å². The van der Waals surface area contributed by atoms with Crippen LogP contribution in [0.3, 0.4) is 0 Å². The molecule has 0 radical (unpaired) electrons. The molecule has 0 aliphatic heterocycles. The SMILES string of the molecule is CCC(C)(O[C@@H](C)C(=O)NCCN)C(C)=O. The lowest BCUT2D eigenvalue weighted by atomic mass is 9.98. The second kappa shape index (κ2) is 6.60. The van der Waals surface area contributed by atoms with Crippen LogP contribution in [-0.4, -0.2) is 36.5 Å². The van der Waals surface area contributed by atoms with E-state index in [1.165, 1.54) is 6.92 Å². The summed E-state index contributed by atoms with van der Waals surface area (Å²) in [5.74, 6) is -0.320. The van der Waals surface area contributed by atoms with E-state index in [1.54, 1.807) is 13.8 Å². The van der Waals surface area contributed by atoms with Gasteiger partial charge in [0.25, 0.3) is 0 Å². The van der Waals surface area contributed by atoms with Gasteiger partial charge in [-0.15, -0.1) is 0 Å². The number of nitrogens with one attached hydrogen (secondary N) is 1. The van der Waals surface area contributed by atoms with Crippen molar-refractivity contribution in [2.75, 3.05) is 13.1 Å². The third kappa shape index (κ3) is 4.28.